The van der Waals surface area contributed by atoms with Gasteiger partial charge < -0.3 is 0 Å². The van der Waals surface area contributed by atoms with Crippen LogP contribution in [0.1, 0.15) is 22.5 Å². The molecule has 176 valence electrons. The molecule has 3 aromatic carbocycles. The highest BCUT2D eigenvalue weighted by Crippen LogP contribution is 2.28. The van der Waals surface area contributed by atoms with Gasteiger partial charge in [0.1, 0.15) is 5.82 Å². The van der Waals surface area contributed by atoms with E-state index in [2.05, 4.69) is 14.9 Å². The molecule has 0 aliphatic carbocycles. The number of thioether (sulfide) groups is 1. The zero-order valence-electron chi connectivity index (χ0n) is 18.3. The van der Waals surface area contributed by atoms with Gasteiger partial charge in [-0.3, -0.25) is 4.57 Å². The minimum Gasteiger partial charge on any atom is -0.273 e. The number of nitrogens with zero attached hydrogens (tertiary/aromatic N) is 3. The number of benzene rings is 3. The third-order valence-electron chi connectivity index (χ3n) is 5.04. The number of nitrogens with one attached hydrogen (secondary N) is 1. The van der Waals surface area contributed by atoms with Crippen LogP contribution >= 0.6 is 23.4 Å². The van der Waals surface area contributed by atoms with Crippen molar-refractivity contribution in [3.8, 4) is 5.69 Å². The van der Waals surface area contributed by atoms with Crippen LogP contribution in [-0.2, 0) is 28.1 Å². The molecule has 1 aromatic heterocycles. The quantitative estimate of drug-likeness (QED) is 0.306. The topological polar surface area (TPSA) is 76.9 Å². The molecule has 10 heteroatoms. The number of sulfonamides is 1. The Labute approximate surface area is 207 Å². The Bertz CT molecular complexity index is 1380. The van der Waals surface area contributed by atoms with E-state index in [0.717, 1.165) is 16.8 Å². The molecule has 1 N–H and O–H groups in total. The lowest BCUT2D eigenvalue weighted by atomic mass is 10.2. The van der Waals surface area contributed by atoms with E-state index in [1.807, 2.05) is 19.1 Å². The Morgan fingerprint density at radius 2 is 1.74 bits per heavy atom. The molecule has 0 atom stereocenters. The minimum atomic E-state index is -3.60. The van der Waals surface area contributed by atoms with Crippen molar-refractivity contribution in [2.75, 3.05) is 0 Å². The molecule has 0 amide bonds. The maximum absolute atomic E-state index is 13.2. The fraction of sp³-hybridized carbons (Fsp3) is 0.167. The summed E-state index contributed by atoms with van der Waals surface area (Å²) in [5.41, 5.74) is 3.31. The summed E-state index contributed by atoms with van der Waals surface area (Å²) < 4.78 is 43.0. The average molecular weight is 517 g/mol. The van der Waals surface area contributed by atoms with E-state index >= 15 is 0 Å². The van der Waals surface area contributed by atoms with Crippen LogP contribution in [0, 0.1) is 12.7 Å². The van der Waals surface area contributed by atoms with Crippen molar-refractivity contribution in [1.82, 2.24) is 19.5 Å². The van der Waals surface area contributed by atoms with Crippen molar-refractivity contribution in [3.63, 3.8) is 0 Å². The maximum atomic E-state index is 13.2. The van der Waals surface area contributed by atoms with E-state index in [0.29, 0.717) is 27.3 Å². The Hall–Kier alpha value is -2.72. The predicted octanol–water partition coefficient (Wildman–Crippen LogP) is 5.28. The van der Waals surface area contributed by atoms with Crippen molar-refractivity contribution in [3.05, 3.63) is 106 Å². The molecule has 0 bridgehead atoms. The lowest BCUT2D eigenvalue weighted by Gasteiger charge is -2.14. The van der Waals surface area contributed by atoms with Gasteiger partial charge in [0, 0.05) is 10.8 Å². The van der Waals surface area contributed by atoms with E-state index in [1.165, 1.54) is 23.9 Å². The summed E-state index contributed by atoms with van der Waals surface area (Å²) in [6.07, 6.45) is 0. The normalized spacial score (nSPS) is 11.6. The molecule has 0 spiro atoms. The molecule has 0 saturated carbocycles. The van der Waals surface area contributed by atoms with Gasteiger partial charge in [-0.05, 0) is 47.9 Å². The van der Waals surface area contributed by atoms with Gasteiger partial charge in [0.2, 0.25) is 10.0 Å². The second-order valence-electron chi connectivity index (χ2n) is 7.65. The van der Waals surface area contributed by atoms with Gasteiger partial charge in [-0.2, -0.15) is 0 Å². The first kappa shape index (κ1) is 24.4. The van der Waals surface area contributed by atoms with Crippen LogP contribution in [0.4, 0.5) is 4.39 Å². The second-order valence-corrected chi connectivity index (χ2v) is 10.8. The van der Waals surface area contributed by atoms with Gasteiger partial charge >= 0.3 is 0 Å². The summed E-state index contributed by atoms with van der Waals surface area (Å²) in [5.74, 6) is 0.544. The third kappa shape index (κ3) is 6.24. The number of hydrogen-bond acceptors (Lipinski definition) is 5. The highest BCUT2D eigenvalue weighted by atomic mass is 35.5. The minimum absolute atomic E-state index is 0.0365. The predicted molar refractivity (Wildman–Crippen MR) is 133 cm³/mol. The van der Waals surface area contributed by atoms with E-state index in [-0.39, 0.29) is 18.1 Å². The van der Waals surface area contributed by atoms with Crippen LogP contribution in [0.25, 0.3) is 5.69 Å². The first-order valence-corrected chi connectivity index (χ1v) is 13.4. The Morgan fingerprint density at radius 1 is 1.00 bits per heavy atom. The number of halogens is 2. The summed E-state index contributed by atoms with van der Waals surface area (Å²) in [5, 5.41) is 9.68. The van der Waals surface area contributed by atoms with E-state index < -0.39 is 10.0 Å². The van der Waals surface area contributed by atoms with E-state index in [9.17, 15) is 12.8 Å². The van der Waals surface area contributed by atoms with Crippen LogP contribution in [-0.4, -0.2) is 23.2 Å². The maximum Gasteiger partial charge on any atom is 0.216 e. The van der Waals surface area contributed by atoms with Crippen LogP contribution in [0.15, 0.2) is 78.0 Å². The first-order chi connectivity index (χ1) is 16.3. The molecular weight excluding hydrogens is 495 g/mol. The smallest absolute Gasteiger partial charge is 0.216 e. The Balaban J connectivity index is 1.60. The number of hydrogen-bond donors (Lipinski definition) is 1. The average Bonchev–Trinajstić information content (AvgIpc) is 3.22. The molecular formula is C24H22ClFN4O2S2. The Kier molecular flexibility index (Phi) is 7.67. The SMILES string of the molecule is Cc1ccc(Cl)cc1-n1c(CNS(=O)(=O)Cc2ccccc2)nnc1SCc1ccc(F)cc1. The second kappa shape index (κ2) is 10.7. The highest BCUT2D eigenvalue weighted by Gasteiger charge is 2.19. The van der Waals surface area contributed by atoms with Gasteiger partial charge in [0.15, 0.2) is 11.0 Å². The summed E-state index contributed by atoms with van der Waals surface area (Å²) in [4.78, 5) is 0. The fourth-order valence-electron chi connectivity index (χ4n) is 3.32. The lowest BCUT2D eigenvalue weighted by Crippen LogP contribution is -2.26. The zero-order valence-corrected chi connectivity index (χ0v) is 20.7. The van der Waals surface area contributed by atoms with Gasteiger partial charge in [0.05, 0.1) is 18.0 Å². The molecule has 0 aliphatic heterocycles. The Morgan fingerprint density at radius 3 is 2.47 bits per heavy atom. The van der Waals surface area contributed by atoms with Gasteiger partial charge in [-0.25, -0.2) is 17.5 Å². The molecule has 1 heterocycles. The monoisotopic (exact) mass is 516 g/mol. The molecule has 0 unspecified atom stereocenters. The van der Waals surface area contributed by atoms with Crippen molar-refractivity contribution in [1.29, 1.82) is 0 Å². The summed E-state index contributed by atoms with van der Waals surface area (Å²) in [7, 11) is -3.60. The molecule has 0 fully saturated rings. The highest BCUT2D eigenvalue weighted by molar-refractivity contribution is 7.98. The van der Waals surface area contributed by atoms with Crippen molar-refractivity contribution < 1.29 is 12.8 Å². The molecule has 34 heavy (non-hydrogen) atoms. The molecule has 4 rings (SSSR count). The standard InChI is InChI=1S/C24H22ClFN4O2S2/c1-17-7-10-20(25)13-22(17)30-23(14-27-34(31,32)16-19-5-3-2-4-6-19)28-29-24(30)33-15-18-8-11-21(26)12-9-18/h2-13,27H,14-16H2,1H3. The van der Waals surface area contributed by atoms with E-state index in [1.54, 1.807) is 53.1 Å². The van der Waals surface area contributed by atoms with Crippen LogP contribution in [0.3, 0.4) is 0 Å². The fourth-order valence-corrected chi connectivity index (χ4v) is 5.49. The lowest BCUT2D eigenvalue weighted by molar-refractivity contribution is 0.577. The van der Waals surface area contributed by atoms with Gasteiger partial charge in [-0.15, -0.1) is 10.2 Å². The zero-order chi connectivity index (χ0) is 24.1. The molecule has 0 aliphatic rings. The van der Waals surface area contributed by atoms with Gasteiger partial charge in [-0.1, -0.05) is 71.9 Å². The summed E-state index contributed by atoms with van der Waals surface area (Å²) in [6, 6.07) is 20.7. The number of aryl methyl sites for hydroxylation is 1. The number of aromatic nitrogens is 3. The molecule has 0 radical (unpaired) electrons. The molecule has 4 aromatic rings. The van der Waals surface area contributed by atoms with Gasteiger partial charge in [0.25, 0.3) is 0 Å². The van der Waals surface area contributed by atoms with Crippen molar-refractivity contribution >= 4 is 33.4 Å². The number of rotatable bonds is 9. The summed E-state index contributed by atoms with van der Waals surface area (Å²) in [6.45, 7) is 1.90. The molecule has 0 saturated heterocycles. The van der Waals surface area contributed by atoms with Crippen LogP contribution in [0.5, 0.6) is 0 Å². The van der Waals surface area contributed by atoms with Crippen molar-refractivity contribution in [2.24, 2.45) is 0 Å². The molecule has 6 nitrogen and oxygen atoms in total. The van der Waals surface area contributed by atoms with Crippen molar-refractivity contribution in [2.45, 2.75) is 30.1 Å². The van der Waals surface area contributed by atoms with Crippen LogP contribution in [0.2, 0.25) is 5.02 Å². The first-order valence-electron chi connectivity index (χ1n) is 10.4. The van der Waals surface area contributed by atoms with E-state index in [4.69, 9.17) is 11.6 Å². The summed E-state index contributed by atoms with van der Waals surface area (Å²) >= 11 is 7.68. The van der Waals surface area contributed by atoms with Crippen LogP contribution < -0.4 is 4.72 Å². The largest absolute Gasteiger partial charge is 0.273 e. The third-order valence-corrected chi connectivity index (χ3v) is 7.58.